The van der Waals surface area contributed by atoms with Gasteiger partial charge in [-0.3, -0.25) is 10.1 Å². The molecule has 1 saturated heterocycles. The third-order valence-corrected chi connectivity index (χ3v) is 10.5. The van der Waals surface area contributed by atoms with Gasteiger partial charge in [-0.05, 0) is 72.9 Å². The lowest BCUT2D eigenvalue weighted by Gasteiger charge is -2.39. The Labute approximate surface area is 288 Å². The van der Waals surface area contributed by atoms with Gasteiger partial charge in [-0.2, -0.15) is 0 Å². The average molecular weight is 673 g/mol. The largest absolute Gasteiger partial charge is 0.497 e. The quantitative estimate of drug-likeness (QED) is 0.132. The number of carbonyl (C=O) groups excluding carboxylic acids is 2. The lowest BCUT2D eigenvalue weighted by Crippen LogP contribution is -2.44. The third kappa shape index (κ3) is 6.84. The van der Waals surface area contributed by atoms with Crippen LogP contribution in [0.25, 0.3) is 16.8 Å². The van der Waals surface area contributed by atoms with Crippen molar-refractivity contribution < 1.29 is 28.5 Å². The first-order chi connectivity index (χ1) is 23.2. The number of nitrogens with zero attached hydrogens (tertiary/aromatic N) is 1. The highest BCUT2D eigenvalue weighted by Crippen LogP contribution is 2.47. The number of fused-ring (bicyclic) bond motifs is 3. The molecular weight excluding hydrogens is 628 g/mol. The minimum Gasteiger partial charge on any atom is -0.497 e. The predicted octanol–water partition coefficient (Wildman–Crippen LogP) is 8.83. The molecule has 0 aromatic heterocycles. The molecule has 254 valence electrons. The summed E-state index contributed by atoms with van der Waals surface area (Å²) in [4.78, 5) is 28.8. The highest BCUT2D eigenvalue weighted by molar-refractivity contribution is 6.19. The molecule has 48 heavy (non-hydrogen) atoms. The number of anilines is 2. The summed E-state index contributed by atoms with van der Waals surface area (Å²) in [7, 11) is 1.62. The molecule has 2 aliphatic heterocycles. The van der Waals surface area contributed by atoms with Gasteiger partial charge in [0.1, 0.15) is 11.9 Å². The van der Waals surface area contributed by atoms with Gasteiger partial charge < -0.3 is 23.8 Å². The fourth-order valence-corrected chi connectivity index (χ4v) is 7.88. The van der Waals surface area contributed by atoms with Gasteiger partial charge in [0.25, 0.3) is 5.91 Å². The molecule has 1 N–H and O–H groups in total. The number of benzene rings is 3. The Kier molecular flexibility index (Phi) is 10.2. The van der Waals surface area contributed by atoms with Crippen LogP contribution in [0.2, 0.25) is 0 Å². The minimum absolute atomic E-state index is 0.0554. The molecule has 2 amide bonds. The molecule has 6 rings (SSSR count). The maximum atomic E-state index is 13.6. The van der Waals surface area contributed by atoms with Crippen molar-refractivity contribution in [2.75, 3.05) is 36.4 Å². The molecule has 1 aliphatic carbocycles. The zero-order chi connectivity index (χ0) is 33.9. The second kappa shape index (κ2) is 14.3. The van der Waals surface area contributed by atoms with Crippen LogP contribution in [0.15, 0.2) is 73.3 Å². The monoisotopic (exact) mass is 672 g/mol. The molecule has 3 aromatic rings. The van der Waals surface area contributed by atoms with E-state index in [9.17, 15) is 9.59 Å². The van der Waals surface area contributed by atoms with E-state index in [4.69, 9.17) is 30.5 Å². The third-order valence-electron chi connectivity index (χ3n) is 10.1. The zero-order valence-electron chi connectivity index (χ0n) is 28.0. The van der Waals surface area contributed by atoms with Crippen LogP contribution < -0.4 is 15.0 Å². The number of rotatable bonds is 10. The van der Waals surface area contributed by atoms with Crippen LogP contribution in [0.5, 0.6) is 5.75 Å². The van der Waals surface area contributed by atoms with Gasteiger partial charge in [0, 0.05) is 42.6 Å². The second-order valence-corrected chi connectivity index (χ2v) is 13.6. The average Bonchev–Trinajstić information content (AvgIpc) is 3.63. The summed E-state index contributed by atoms with van der Waals surface area (Å²) in [5.74, 6) is 0.423. The molecule has 8 nitrogen and oxygen atoms in total. The number of halogens is 1. The van der Waals surface area contributed by atoms with Crippen molar-refractivity contribution in [3.63, 3.8) is 0 Å². The number of alkyl halides is 1. The Morgan fingerprint density at radius 3 is 2.67 bits per heavy atom. The number of carbonyl (C=O) groups is 2. The van der Waals surface area contributed by atoms with E-state index in [-0.39, 0.29) is 17.9 Å². The topological polar surface area (TPSA) is 86.3 Å². The lowest BCUT2D eigenvalue weighted by atomic mass is 9.84. The predicted molar refractivity (Wildman–Crippen MR) is 191 cm³/mol. The first-order valence-corrected chi connectivity index (χ1v) is 17.4. The number of amides is 2. The van der Waals surface area contributed by atoms with E-state index in [1.54, 1.807) is 24.2 Å². The van der Waals surface area contributed by atoms with E-state index in [2.05, 4.69) is 25.7 Å². The van der Waals surface area contributed by atoms with Gasteiger partial charge in [0.15, 0.2) is 5.79 Å². The van der Waals surface area contributed by atoms with Crippen molar-refractivity contribution in [2.45, 2.75) is 75.8 Å². The van der Waals surface area contributed by atoms with Crippen LogP contribution in [0.1, 0.15) is 69.4 Å². The Morgan fingerprint density at radius 1 is 1.19 bits per heavy atom. The summed E-state index contributed by atoms with van der Waals surface area (Å²) < 4.78 is 24.3. The Balaban J connectivity index is 1.20. The smallest absolute Gasteiger partial charge is 0.411 e. The number of hydrogen-bond acceptors (Lipinski definition) is 6. The SMILES string of the molecule is C=CCC(CC)C1(C)COC2(CCCC(OC(=O)Nc3cc4c(c5ccccc35)C(CCl)CN4C(=O)/C=C/c3ccc(OC)cc3)C2)O1. The summed E-state index contributed by atoms with van der Waals surface area (Å²) in [6.07, 6.45) is 9.01. The van der Waals surface area contributed by atoms with E-state index in [0.717, 1.165) is 65.4 Å². The van der Waals surface area contributed by atoms with E-state index in [1.165, 1.54) is 0 Å². The van der Waals surface area contributed by atoms with Crippen molar-refractivity contribution >= 4 is 51.8 Å². The maximum Gasteiger partial charge on any atom is 0.411 e. The highest BCUT2D eigenvalue weighted by Gasteiger charge is 2.53. The van der Waals surface area contributed by atoms with Gasteiger partial charge in [-0.1, -0.05) is 55.8 Å². The molecule has 1 spiro atoms. The number of ether oxygens (including phenoxy) is 4. The summed E-state index contributed by atoms with van der Waals surface area (Å²) in [6, 6.07) is 17.2. The van der Waals surface area contributed by atoms with Gasteiger partial charge in [0.2, 0.25) is 0 Å². The standard InChI is InChI=1S/C39H45ClN2O6/c1-5-10-28(6-2)38(3)25-46-39(48-38)20-9-11-30(22-39)47-37(44)41-33-21-34-36(32-13-8-7-12-31(32)33)27(23-40)24-42(34)35(43)19-16-26-14-17-29(45-4)18-15-26/h5,7-8,12-19,21,27-28,30H,1,6,9-11,20,22-25H2,2-4H3,(H,41,44)/b19-16+. The van der Waals surface area contributed by atoms with Crippen LogP contribution in [0.4, 0.5) is 16.2 Å². The van der Waals surface area contributed by atoms with Crippen molar-refractivity contribution in [3.05, 3.63) is 84.5 Å². The van der Waals surface area contributed by atoms with Crippen molar-refractivity contribution in [1.29, 1.82) is 0 Å². The van der Waals surface area contributed by atoms with Crippen molar-refractivity contribution in [1.82, 2.24) is 0 Å². The highest BCUT2D eigenvalue weighted by atomic mass is 35.5. The molecule has 5 atom stereocenters. The molecule has 1 saturated carbocycles. The number of methoxy groups -OCH3 is 1. The number of nitrogens with one attached hydrogen (secondary N) is 1. The zero-order valence-corrected chi connectivity index (χ0v) is 28.8. The van der Waals surface area contributed by atoms with Crippen LogP contribution in [-0.4, -0.2) is 55.6 Å². The Hall–Kier alpha value is -3.85. The number of hydrogen-bond donors (Lipinski definition) is 1. The van der Waals surface area contributed by atoms with Crippen LogP contribution >= 0.6 is 11.6 Å². The summed E-state index contributed by atoms with van der Waals surface area (Å²) >= 11 is 6.47. The molecule has 0 bridgehead atoms. The fourth-order valence-electron chi connectivity index (χ4n) is 7.63. The van der Waals surface area contributed by atoms with Crippen molar-refractivity contribution in [3.8, 4) is 5.75 Å². The van der Waals surface area contributed by atoms with E-state index in [1.807, 2.05) is 60.7 Å². The lowest BCUT2D eigenvalue weighted by molar-refractivity contribution is -0.224. The van der Waals surface area contributed by atoms with Crippen LogP contribution in [0.3, 0.4) is 0 Å². The maximum absolute atomic E-state index is 13.6. The number of allylic oxidation sites excluding steroid dienone is 1. The summed E-state index contributed by atoms with van der Waals surface area (Å²) in [5.41, 5.74) is 2.77. The molecular formula is C39H45ClN2O6. The first kappa shape index (κ1) is 34.0. The minimum atomic E-state index is -0.760. The molecule has 2 fully saturated rings. The fraction of sp³-hybridized carbons (Fsp3) is 0.436. The molecule has 5 unspecified atom stereocenters. The Bertz CT molecular complexity index is 1690. The van der Waals surface area contributed by atoms with Crippen LogP contribution in [0, 0.1) is 5.92 Å². The van der Waals surface area contributed by atoms with Crippen LogP contribution in [-0.2, 0) is 19.0 Å². The molecule has 9 heteroatoms. The summed E-state index contributed by atoms with van der Waals surface area (Å²) in [6.45, 7) is 9.16. The second-order valence-electron chi connectivity index (χ2n) is 13.3. The van der Waals surface area contributed by atoms with Gasteiger partial charge in [-0.15, -0.1) is 18.2 Å². The van der Waals surface area contributed by atoms with E-state index < -0.39 is 17.5 Å². The van der Waals surface area contributed by atoms with Gasteiger partial charge in [0.05, 0.1) is 30.7 Å². The van der Waals surface area contributed by atoms with E-state index in [0.29, 0.717) is 37.1 Å². The Morgan fingerprint density at radius 2 is 1.96 bits per heavy atom. The van der Waals surface area contributed by atoms with Gasteiger partial charge >= 0.3 is 6.09 Å². The van der Waals surface area contributed by atoms with E-state index >= 15 is 0 Å². The van der Waals surface area contributed by atoms with Gasteiger partial charge in [-0.25, -0.2) is 4.79 Å². The van der Waals surface area contributed by atoms with Crippen molar-refractivity contribution in [2.24, 2.45) is 5.92 Å². The normalized spacial score (nSPS) is 25.7. The molecule has 0 radical (unpaired) electrons. The first-order valence-electron chi connectivity index (χ1n) is 16.9. The molecule has 3 aromatic carbocycles. The molecule has 2 heterocycles. The molecule has 3 aliphatic rings. The summed E-state index contributed by atoms with van der Waals surface area (Å²) in [5, 5.41) is 4.81.